The average molecular weight is 153 g/mol. The highest BCUT2D eigenvalue weighted by Crippen LogP contribution is 1.94. The van der Waals surface area contributed by atoms with Crippen molar-refractivity contribution in [1.29, 1.82) is 10.8 Å². The molecule has 0 aromatic heterocycles. The first kappa shape index (κ1) is 9.55. The summed E-state index contributed by atoms with van der Waals surface area (Å²) in [6.07, 6.45) is 1.42. The van der Waals surface area contributed by atoms with Gasteiger partial charge in [-0.25, -0.2) is 0 Å². The van der Waals surface area contributed by atoms with Gasteiger partial charge in [0.1, 0.15) is 5.71 Å². The molecule has 0 bridgehead atoms. The van der Waals surface area contributed by atoms with Crippen molar-refractivity contribution in [3.05, 3.63) is 11.6 Å². The molecule has 0 aliphatic heterocycles. The first-order valence-corrected chi connectivity index (χ1v) is 3.07. The Morgan fingerprint density at radius 3 is 2.09 bits per heavy atom. The van der Waals surface area contributed by atoms with Crippen LogP contribution in [-0.4, -0.2) is 17.3 Å². The zero-order valence-corrected chi connectivity index (χ0v) is 6.56. The lowest BCUT2D eigenvalue weighted by molar-refractivity contribution is -0.112. The fourth-order valence-electron chi connectivity index (χ4n) is 0.591. The van der Waals surface area contributed by atoms with Crippen LogP contribution in [0.25, 0.3) is 0 Å². The molecule has 1 amide bonds. The third-order valence-corrected chi connectivity index (χ3v) is 1.07. The Kier molecular flexibility index (Phi) is 3.17. The molecule has 0 fully saturated rings. The minimum atomic E-state index is -0.764. The lowest BCUT2D eigenvalue weighted by Crippen LogP contribution is -2.23. The number of amides is 1. The van der Waals surface area contributed by atoms with Crippen LogP contribution in [-0.2, 0) is 4.79 Å². The lowest BCUT2D eigenvalue weighted by Gasteiger charge is -1.97. The second-order valence-electron chi connectivity index (χ2n) is 2.25. The molecular formula is C7H11N3O. The Hall–Kier alpha value is -1.45. The van der Waals surface area contributed by atoms with E-state index in [2.05, 4.69) is 0 Å². The summed E-state index contributed by atoms with van der Waals surface area (Å²) in [4.78, 5) is 10.4. The van der Waals surface area contributed by atoms with Crippen molar-refractivity contribution in [2.75, 3.05) is 0 Å². The summed E-state index contributed by atoms with van der Waals surface area (Å²) in [6, 6.07) is 0. The highest BCUT2D eigenvalue weighted by molar-refractivity contribution is 6.43. The second kappa shape index (κ2) is 3.65. The minimum Gasteiger partial charge on any atom is -0.364 e. The van der Waals surface area contributed by atoms with Crippen LogP contribution in [0.15, 0.2) is 11.6 Å². The van der Waals surface area contributed by atoms with Crippen LogP contribution in [0.1, 0.15) is 13.8 Å². The van der Waals surface area contributed by atoms with E-state index in [1.54, 1.807) is 13.8 Å². The van der Waals surface area contributed by atoms with E-state index in [-0.39, 0.29) is 5.71 Å². The van der Waals surface area contributed by atoms with Gasteiger partial charge in [-0.3, -0.25) is 10.2 Å². The van der Waals surface area contributed by atoms with Crippen LogP contribution >= 0.6 is 0 Å². The smallest absolute Gasteiger partial charge is 0.266 e. The molecule has 0 aliphatic carbocycles. The first-order chi connectivity index (χ1) is 4.95. The van der Waals surface area contributed by atoms with Crippen LogP contribution in [0.3, 0.4) is 0 Å². The van der Waals surface area contributed by atoms with Gasteiger partial charge in [0.05, 0.1) is 0 Å². The Balaban J connectivity index is 4.49. The maximum Gasteiger partial charge on any atom is 0.266 e. The Morgan fingerprint density at radius 1 is 1.36 bits per heavy atom. The van der Waals surface area contributed by atoms with Crippen LogP contribution in [0, 0.1) is 10.8 Å². The summed E-state index contributed by atoms with van der Waals surface area (Å²) in [5.74, 6) is -0.764. The van der Waals surface area contributed by atoms with E-state index in [9.17, 15) is 4.79 Å². The molecule has 0 aliphatic rings. The molecule has 0 saturated carbocycles. The molecule has 0 rings (SSSR count). The first-order valence-electron chi connectivity index (χ1n) is 3.07. The van der Waals surface area contributed by atoms with E-state index in [4.69, 9.17) is 16.6 Å². The van der Waals surface area contributed by atoms with Crippen molar-refractivity contribution < 1.29 is 4.79 Å². The molecule has 4 heteroatoms. The molecule has 0 radical (unpaired) electrons. The van der Waals surface area contributed by atoms with Gasteiger partial charge in [-0.2, -0.15) is 0 Å². The summed E-state index contributed by atoms with van der Waals surface area (Å²) in [7, 11) is 0. The molecule has 4 nitrogen and oxygen atoms in total. The fourth-order valence-corrected chi connectivity index (χ4v) is 0.591. The highest BCUT2D eigenvalue weighted by atomic mass is 16.1. The topological polar surface area (TPSA) is 90.8 Å². The SMILES string of the molecule is CC(=N)/C=C(/C)C(=N)C(N)=O. The number of primary amides is 1. The van der Waals surface area contributed by atoms with Crippen LogP contribution in [0.5, 0.6) is 0 Å². The molecule has 0 unspecified atom stereocenters. The number of carbonyl (C=O) groups excluding carboxylic acids is 1. The lowest BCUT2D eigenvalue weighted by atomic mass is 10.1. The molecule has 0 atom stereocenters. The van der Waals surface area contributed by atoms with Gasteiger partial charge in [-0.15, -0.1) is 0 Å². The molecule has 4 N–H and O–H groups in total. The van der Waals surface area contributed by atoms with Crippen molar-refractivity contribution in [3.8, 4) is 0 Å². The quantitative estimate of drug-likeness (QED) is 0.505. The van der Waals surface area contributed by atoms with Crippen LogP contribution in [0.4, 0.5) is 0 Å². The van der Waals surface area contributed by atoms with Gasteiger partial charge in [0.15, 0.2) is 0 Å². The van der Waals surface area contributed by atoms with Crippen molar-refractivity contribution in [2.24, 2.45) is 5.73 Å². The molecule has 0 saturated heterocycles. The van der Waals surface area contributed by atoms with Gasteiger partial charge in [-0.1, -0.05) is 0 Å². The fraction of sp³-hybridized carbons (Fsp3) is 0.286. The van der Waals surface area contributed by atoms with Crippen LogP contribution in [0.2, 0.25) is 0 Å². The maximum absolute atomic E-state index is 10.4. The molecule has 60 valence electrons. The van der Waals surface area contributed by atoms with E-state index in [1.807, 2.05) is 0 Å². The van der Waals surface area contributed by atoms with Gasteiger partial charge in [0, 0.05) is 5.71 Å². The number of rotatable bonds is 3. The van der Waals surface area contributed by atoms with E-state index >= 15 is 0 Å². The van der Waals surface area contributed by atoms with Gasteiger partial charge >= 0.3 is 0 Å². The Bertz CT molecular complexity index is 240. The molecule has 0 heterocycles. The van der Waals surface area contributed by atoms with E-state index in [0.717, 1.165) is 0 Å². The zero-order valence-electron chi connectivity index (χ0n) is 6.56. The zero-order chi connectivity index (χ0) is 9.02. The molecule has 0 spiro atoms. The van der Waals surface area contributed by atoms with Crippen molar-refractivity contribution in [2.45, 2.75) is 13.8 Å². The summed E-state index contributed by atoms with van der Waals surface area (Å²) in [6.45, 7) is 3.14. The monoisotopic (exact) mass is 153 g/mol. The molecule has 11 heavy (non-hydrogen) atoms. The van der Waals surface area contributed by atoms with Gasteiger partial charge in [-0.05, 0) is 25.5 Å². The Morgan fingerprint density at radius 2 is 1.82 bits per heavy atom. The highest BCUT2D eigenvalue weighted by Gasteiger charge is 2.05. The van der Waals surface area contributed by atoms with Gasteiger partial charge in [0.25, 0.3) is 5.91 Å². The number of carbonyl (C=O) groups is 1. The minimum absolute atomic E-state index is 0.239. The number of nitrogens with two attached hydrogens (primary N) is 1. The predicted molar refractivity (Wildman–Crippen MR) is 44.1 cm³/mol. The summed E-state index contributed by atoms with van der Waals surface area (Å²) >= 11 is 0. The van der Waals surface area contributed by atoms with Gasteiger partial charge in [0.2, 0.25) is 0 Å². The van der Waals surface area contributed by atoms with E-state index in [1.165, 1.54) is 6.08 Å². The normalized spacial score (nSPS) is 10.9. The van der Waals surface area contributed by atoms with E-state index in [0.29, 0.717) is 11.3 Å². The van der Waals surface area contributed by atoms with E-state index < -0.39 is 5.91 Å². The van der Waals surface area contributed by atoms with Crippen molar-refractivity contribution >= 4 is 17.3 Å². The molecular weight excluding hydrogens is 142 g/mol. The summed E-state index contributed by atoms with van der Waals surface area (Å²) < 4.78 is 0. The van der Waals surface area contributed by atoms with Gasteiger partial charge < -0.3 is 11.1 Å². The Labute approximate surface area is 65.1 Å². The third kappa shape index (κ3) is 3.30. The van der Waals surface area contributed by atoms with Crippen molar-refractivity contribution in [3.63, 3.8) is 0 Å². The number of allylic oxidation sites excluding steroid dienone is 1. The van der Waals surface area contributed by atoms with Crippen LogP contribution < -0.4 is 5.73 Å². The number of nitrogens with one attached hydrogen (secondary N) is 2. The maximum atomic E-state index is 10.4. The number of hydrogen-bond acceptors (Lipinski definition) is 3. The summed E-state index contributed by atoms with van der Waals surface area (Å²) in [5, 5.41) is 14.1. The summed E-state index contributed by atoms with van der Waals surface area (Å²) in [5.41, 5.74) is 5.32. The predicted octanol–water partition coefficient (Wildman–Crippen LogP) is 0.477. The molecule has 0 aromatic rings. The molecule has 0 aromatic carbocycles. The average Bonchev–Trinajstić information content (AvgIpc) is 1.84. The third-order valence-electron chi connectivity index (χ3n) is 1.07. The largest absolute Gasteiger partial charge is 0.364 e. The number of hydrogen-bond donors (Lipinski definition) is 3. The second-order valence-corrected chi connectivity index (χ2v) is 2.25. The van der Waals surface area contributed by atoms with Crippen molar-refractivity contribution in [1.82, 2.24) is 0 Å². The standard InChI is InChI=1S/C7H11N3O/c1-4(3-5(2)8)6(9)7(10)11/h3,8-9H,1-2H3,(H2,10,11)/b4-3-,8-5?,9-6?.